The first-order valence-corrected chi connectivity index (χ1v) is 6.54. The van der Waals surface area contributed by atoms with Crippen molar-refractivity contribution < 1.29 is 23.4 Å². The molecule has 0 spiro atoms. The minimum absolute atomic E-state index is 0.0149. The van der Waals surface area contributed by atoms with Gasteiger partial charge < -0.3 is 19.9 Å². The van der Waals surface area contributed by atoms with Gasteiger partial charge in [-0.25, -0.2) is 0 Å². The van der Waals surface area contributed by atoms with Gasteiger partial charge in [-0.1, -0.05) is 6.07 Å². The molecule has 1 aromatic rings. The molecule has 2 aliphatic rings. The van der Waals surface area contributed by atoms with Crippen LogP contribution in [-0.4, -0.2) is 49.1 Å². The van der Waals surface area contributed by atoms with Gasteiger partial charge in [0.2, 0.25) is 0 Å². The quantitative estimate of drug-likeness (QED) is 0.866. The Hall–Kier alpha value is -1.44. The summed E-state index contributed by atoms with van der Waals surface area (Å²) in [4.78, 5) is 2.12. The number of aliphatic hydroxyl groups is 1. The van der Waals surface area contributed by atoms with Crippen molar-refractivity contribution in [3.8, 4) is 11.5 Å². The molecule has 7 heteroatoms. The van der Waals surface area contributed by atoms with Crippen molar-refractivity contribution in [3.63, 3.8) is 0 Å². The molecule has 110 valence electrons. The highest BCUT2D eigenvalue weighted by Crippen LogP contribution is 2.42. The minimum atomic E-state index is -3.61. The Bertz CT molecular complexity index is 493. The molecule has 20 heavy (non-hydrogen) atoms. The molecule has 0 saturated carbocycles. The second kappa shape index (κ2) is 5.16. The number of nitrogens with one attached hydrogen (secondary N) is 1. The third-order valence-electron chi connectivity index (χ3n) is 3.58. The second-order valence-corrected chi connectivity index (χ2v) is 4.86. The van der Waals surface area contributed by atoms with Crippen LogP contribution < -0.4 is 14.8 Å². The third-order valence-corrected chi connectivity index (χ3v) is 3.58. The lowest BCUT2D eigenvalue weighted by Crippen LogP contribution is -2.46. The topological polar surface area (TPSA) is 54.0 Å². The average molecular weight is 286 g/mol. The number of halogens is 2. The number of hydrogen-bond acceptors (Lipinski definition) is 5. The molecule has 1 saturated heterocycles. The maximum atomic E-state index is 13.0. The molecule has 0 amide bonds. The van der Waals surface area contributed by atoms with E-state index in [4.69, 9.17) is 0 Å². The molecule has 1 fully saturated rings. The number of ether oxygens (including phenoxy) is 2. The van der Waals surface area contributed by atoms with Crippen molar-refractivity contribution in [2.24, 2.45) is 0 Å². The molecule has 0 bridgehead atoms. The Balaban J connectivity index is 1.83. The summed E-state index contributed by atoms with van der Waals surface area (Å²) >= 11 is 0. The maximum Gasteiger partial charge on any atom is 0.586 e. The first-order valence-electron chi connectivity index (χ1n) is 6.54. The fourth-order valence-corrected chi connectivity index (χ4v) is 2.60. The van der Waals surface area contributed by atoms with Crippen molar-refractivity contribution >= 4 is 0 Å². The predicted octanol–water partition coefficient (Wildman–Crippen LogP) is 0.947. The lowest BCUT2D eigenvalue weighted by atomic mass is 10.0. The zero-order valence-electron chi connectivity index (χ0n) is 10.8. The van der Waals surface area contributed by atoms with Gasteiger partial charge >= 0.3 is 6.29 Å². The van der Waals surface area contributed by atoms with Crippen molar-refractivity contribution in [2.45, 2.75) is 12.3 Å². The largest absolute Gasteiger partial charge is 0.586 e. The van der Waals surface area contributed by atoms with Gasteiger partial charge in [-0.15, -0.1) is 8.78 Å². The molecular weight excluding hydrogens is 270 g/mol. The fraction of sp³-hybridized carbons (Fsp3) is 0.538. The Morgan fingerprint density at radius 2 is 1.95 bits per heavy atom. The summed E-state index contributed by atoms with van der Waals surface area (Å²) in [6, 6.07) is 4.43. The lowest BCUT2D eigenvalue weighted by molar-refractivity contribution is -0.286. The van der Waals surface area contributed by atoms with E-state index in [0.717, 1.165) is 31.7 Å². The molecule has 1 aromatic carbocycles. The van der Waals surface area contributed by atoms with Gasteiger partial charge in [0, 0.05) is 26.2 Å². The molecule has 1 atom stereocenters. The van der Waals surface area contributed by atoms with E-state index in [2.05, 4.69) is 19.7 Å². The van der Waals surface area contributed by atoms with Gasteiger partial charge in [0.1, 0.15) is 0 Å². The monoisotopic (exact) mass is 286 g/mol. The van der Waals surface area contributed by atoms with Gasteiger partial charge in [-0.2, -0.15) is 0 Å². The minimum Gasteiger partial charge on any atom is -0.395 e. The normalized spacial score (nSPS) is 22.8. The zero-order chi connectivity index (χ0) is 14.2. The Morgan fingerprint density at radius 1 is 1.25 bits per heavy atom. The second-order valence-electron chi connectivity index (χ2n) is 4.86. The van der Waals surface area contributed by atoms with Crippen LogP contribution in [0.15, 0.2) is 18.2 Å². The zero-order valence-corrected chi connectivity index (χ0v) is 10.8. The number of hydrogen-bond donors (Lipinski definition) is 2. The van der Waals surface area contributed by atoms with E-state index >= 15 is 0 Å². The van der Waals surface area contributed by atoms with E-state index in [1.165, 1.54) is 12.1 Å². The van der Waals surface area contributed by atoms with Gasteiger partial charge in [0.25, 0.3) is 0 Å². The van der Waals surface area contributed by atoms with E-state index in [0.29, 0.717) is 0 Å². The molecule has 0 radical (unpaired) electrons. The van der Waals surface area contributed by atoms with Crippen molar-refractivity contribution in [1.82, 2.24) is 10.2 Å². The van der Waals surface area contributed by atoms with Crippen molar-refractivity contribution in [1.29, 1.82) is 0 Å². The first kappa shape index (κ1) is 13.5. The summed E-state index contributed by atoms with van der Waals surface area (Å²) in [5.74, 6) is 0.0387. The van der Waals surface area contributed by atoms with E-state index < -0.39 is 6.29 Å². The molecular formula is C13H16F2N2O3. The van der Waals surface area contributed by atoms with Crippen LogP contribution in [0.3, 0.4) is 0 Å². The number of alkyl halides is 2. The summed E-state index contributed by atoms with van der Waals surface area (Å²) < 4.78 is 34.8. The molecule has 5 nitrogen and oxygen atoms in total. The summed E-state index contributed by atoms with van der Waals surface area (Å²) in [5, 5.41) is 12.8. The third kappa shape index (κ3) is 2.56. The molecule has 2 N–H and O–H groups in total. The molecule has 2 aliphatic heterocycles. The van der Waals surface area contributed by atoms with Crippen molar-refractivity contribution in [3.05, 3.63) is 23.8 Å². The van der Waals surface area contributed by atoms with Crippen molar-refractivity contribution in [2.75, 3.05) is 32.8 Å². The van der Waals surface area contributed by atoms with E-state index in [1.807, 2.05) is 0 Å². The van der Waals surface area contributed by atoms with E-state index in [-0.39, 0.29) is 24.1 Å². The predicted molar refractivity (Wildman–Crippen MR) is 66.9 cm³/mol. The number of piperazine rings is 1. The highest BCUT2D eigenvalue weighted by atomic mass is 19.3. The lowest BCUT2D eigenvalue weighted by Gasteiger charge is -2.34. The molecule has 2 heterocycles. The van der Waals surface area contributed by atoms with Gasteiger partial charge in [-0.05, 0) is 17.7 Å². The number of rotatable bonds is 3. The Labute approximate surface area is 115 Å². The van der Waals surface area contributed by atoms with Crippen LogP contribution in [0.2, 0.25) is 0 Å². The highest BCUT2D eigenvalue weighted by molar-refractivity contribution is 5.46. The highest BCUT2D eigenvalue weighted by Gasteiger charge is 2.43. The fourth-order valence-electron chi connectivity index (χ4n) is 2.60. The summed E-state index contributed by atoms with van der Waals surface area (Å²) in [6.07, 6.45) is -3.61. The Kier molecular flexibility index (Phi) is 3.49. The van der Waals surface area contributed by atoms with E-state index in [1.54, 1.807) is 6.07 Å². The van der Waals surface area contributed by atoms with Crippen LogP contribution in [0.4, 0.5) is 8.78 Å². The van der Waals surface area contributed by atoms with Crippen LogP contribution in [-0.2, 0) is 0 Å². The maximum absolute atomic E-state index is 13.0. The molecule has 0 unspecified atom stereocenters. The van der Waals surface area contributed by atoms with Gasteiger partial charge in [-0.3, -0.25) is 4.90 Å². The van der Waals surface area contributed by atoms with Gasteiger partial charge in [0.05, 0.1) is 12.6 Å². The van der Waals surface area contributed by atoms with Crippen LogP contribution >= 0.6 is 0 Å². The number of benzene rings is 1. The van der Waals surface area contributed by atoms with Crippen LogP contribution in [0.5, 0.6) is 11.5 Å². The SMILES string of the molecule is OC[C@@H](c1ccc2c(c1)OC(F)(F)O2)N1CCNCC1. The van der Waals surface area contributed by atoms with Crippen LogP contribution in [0.1, 0.15) is 11.6 Å². The standard InChI is InChI=1S/C13H16F2N2O3/c14-13(15)19-11-2-1-9(7-12(11)20-13)10(8-18)17-5-3-16-4-6-17/h1-2,7,10,16,18H,3-6,8H2/t10-/m0/s1. The summed E-state index contributed by atoms with van der Waals surface area (Å²) in [6.45, 7) is 3.22. The summed E-state index contributed by atoms with van der Waals surface area (Å²) in [7, 11) is 0. The number of fused-ring (bicyclic) bond motifs is 1. The first-order chi connectivity index (χ1) is 9.59. The van der Waals surface area contributed by atoms with Crippen LogP contribution in [0.25, 0.3) is 0 Å². The number of nitrogens with zero attached hydrogens (tertiary/aromatic N) is 1. The van der Waals surface area contributed by atoms with E-state index in [9.17, 15) is 13.9 Å². The number of aliphatic hydroxyl groups excluding tert-OH is 1. The van der Waals surface area contributed by atoms with Gasteiger partial charge in [0.15, 0.2) is 11.5 Å². The molecule has 0 aromatic heterocycles. The van der Waals surface area contributed by atoms with Crippen LogP contribution in [0, 0.1) is 0 Å². The Morgan fingerprint density at radius 3 is 2.65 bits per heavy atom. The average Bonchev–Trinajstić information content (AvgIpc) is 2.74. The summed E-state index contributed by atoms with van der Waals surface area (Å²) in [5.41, 5.74) is 0.745. The molecule has 3 rings (SSSR count). The smallest absolute Gasteiger partial charge is 0.395 e. The molecule has 0 aliphatic carbocycles.